The van der Waals surface area contributed by atoms with E-state index in [-0.39, 0.29) is 17.2 Å². The predicted molar refractivity (Wildman–Crippen MR) is 96.3 cm³/mol. The Morgan fingerprint density at radius 1 is 1.21 bits per heavy atom. The van der Waals surface area contributed by atoms with E-state index in [0.29, 0.717) is 5.16 Å². The van der Waals surface area contributed by atoms with Gasteiger partial charge in [0.25, 0.3) is 0 Å². The van der Waals surface area contributed by atoms with E-state index < -0.39 is 0 Å². The van der Waals surface area contributed by atoms with Crippen molar-refractivity contribution >= 4 is 17.7 Å². The molecular weight excluding hydrogens is 322 g/mol. The summed E-state index contributed by atoms with van der Waals surface area (Å²) in [7, 11) is 1.66. The molecule has 0 bridgehead atoms. The second kappa shape index (κ2) is 9.27. The molecule has 1 amide bonds. The molecule has 1 heterocycles. The fraction of sp³-hybridized carbons (Fsp3) is 0.389. The number of carbonyl (C=O) groups excluding carboxylic acids is 1. The highest BCUT2D eigenvalue weighted by molar-refractivity contribution is 8.00. The van der Waals surface area contributed by atoms with Crippen LogP contribution in [-0.2, 0) is 11.2 Å². The number of hydrogen-bond acceptors (Lipinski definition) is 5. The zero-order valence-electron chi connectivity index (χ0n) is 14.2. The standard InChI is InChI=1S/C18H23N3O2S/c1-13(5-6-15-7-9-16(23-3)10-8-15)21-17(22)14(2)24-18-19-11-4-12-20-18/h4,7-14H,5-6H2,1-3H3,(H,21,22)/t13-,14+/m1/s1. The first-order valence-electron chi connectivity index (χ1n) is 7.95. The minimum atomic E-state index is -0.226. The lowest BCUT2D eigenvalue weighted by atomic mass is 10.1. The van der Waals surface area contributed by atoms with E-state index in [4.69, 9.17) is 4.74 Å². The van der Waals surface area contributed by atoms with Crippen LogP contribution in [0.25, 0.3) is 0 Å². The number of aryl methyl sites for hydroxylation is 1. The predicted octanol–water partition coefficient (Wildman–Crippen LogP) is 3.10. The van der Waals surface area contributed by atoms with Crippen molar-refractivity contribution in [2.75, 3.05) is 7.11 Å². The van der Waals surface area contributed by atoms with Crippen LogP contribution in [0.4, 0.5) is 0 Å². The third-order valence-electron chi connectivity index (χ3n) is 3.61. The normalized spacial score (nSPS) is 13.1. The lowest BCUT2D eigenvalue weighted by Gasteiger charge is -2.17. The molecule has 0 fully saturated rings. The van der Waals surface area contributed by atoms with Gasteiger partial charge in [0.2, 0.25) is 5.91 Å². The lowest BCUT2D eigenvalue weighted by molar-refractivity contribution is -0.120. The fourth-order valence-corrected chi connectivity index (χ4v) is 2.90. The Morgan fingerprint density at radius 3 is 2.50 bits per heavy atom. The van der Waals surface area contributed by atoms with E-state index in [0.717, 1.165) is 18.6 Å². The first kappa shape index (κ1) is 18.3. The third-order valence-corrected chi connectivity index (χ3v) is 4.60. The maximum atomic E-state index is 12.2. The summed E-state index contributed by atoms with van der Waals surface area (Å²) < 4.78 is 5.15. The Bertz CT molecular complexity index is 634. The summed E-state index contributed by atoms with van der Waals surface area (Å²) in [6, 6.07) is 9.89. The average Bonchev–Trinajstić information content (AvgIpc) is 2.61. The van der Waals surface area contributed by atoms with Gasteiger partial charge in [0.15, 0.2) is 5.16 Å². The maximum Gasteiger partial charge on any atom is 0.233 e. The van der Waals surface area contributed by atoms with Crippen LogP contribution < -0.4 is 10.1 Å². The third kappa shape index (κ3) is 5.85. The number of hydrogen-bond donors (Lipinski definition) is 1. The van der Waals surface area contributed by atoms with Crippen LogP contribution in [0, 0.1) is 0 Å². The molecule has 0 spiro atoms. The summed E-state index contributed by atoms with van der Waals surface area (Å²) in [5, 5.41) is 3.44. The first-order valence-corrected chi connectivity index (χ1v) is 8.83. The van der Waals surface area contributed by atoms with Crippen molar-refractivity contribution in [3.63, 3.8) is 0 Å². The average molecular weight is 345 g/mol. The molecule has 2 aromatic rings. The molecule has 1 aromatic heterocycles. The van der Waals surface area contributed by atoms with Gasteiger partial charge in [-0.15, -0.1) is 0 Å². The highest BCUT2D eigenvalue weighted by Crippen LogP contribution is 2.18. The molecule has 2 atom stereocenters. The summed E-state index contributed by atoms with van der Waals surface area (Å²) in [6.07, 6.45) is 5.15. The van der Waals surface area contributed by atoms with Gasteiger partial charge < -0.3 is 10.1 Å². The Balaban J connectivity index is 1.76. The van der Waals surface area contributed by atoms with Crippen LogP contribution in [-0.4, -0.2) is 34.3 Å². The number of carbonyl (C=O) groups is 1. The number of nitrogens with one attached hydrogen (secondary N) is 1. The monoisotopic (exact) mass is 345 g/mol. The van der Waals surface area contributed by atoms with Crippen molar-refractivity contribution in [3.05, 3.63) is 48.3 Å². The van der Waals surface area contributed by atoms with Crippen molar-refractivity contribution in [1.82, 2.24) is 15.3 Å². The van der Waals surface area contributed by atoms with Gasteiger partial charge in [0.05, 0.1) is 12.4 Å². The molecular formula is C18H23N3O2S. The van der Waals surface area contributed by atoms with Crippen LogP contribution in [0.15, 0.2) is 47.9 Å². The number of nitrogens with zero attached hydrogens (tertiary/aromatic N) is 2. The van der Waals surface area contributed by atoms with E-state index in [1.165, 1.54) is 17.3 Å². The van der Waals surface area contributed by atoms with Crippen molar-refractivity contribution in [2.24, 2.45) is 0 Å². The molecule has 24 heavy (non-hydrogen) atoms. The molecule has 128 valence electrons. The van der Waals surface area contributed by atoms with Crippen LogP contribution in [0.2, 0.25) is 0 Å². The van der Waals surface area contributed by atoms with Gasteiger partial charge in [-0.25, -0.2) is 9.97 Å². The van der Waals surface area contributed by atoms with Gasteiger partial charge in [-0.1, -0.05) is 23.9 Å². The minimum absolute atomic E-state index is 0.00897. The van der Waals surface area contributed by atoms with Gasteiger partial charge in [0.1, 0.15) is 5.75 Å². The molecule has 0 saturated heterocycles. The van der Waals surface area contributed by atoms with Gasteiger partial charge in [-0.2, -0.15) is 0 Å². The summed E-state index contributed by atoms with van der Waals surface area (Å²) in [6.45, 7) is 3.89. The quantitative estimate of drug-likeness (QED) is 0.588. The molecule has 0 aliphatic heterocycles. The number of methoxy groups -OCH3 is 1. The zero-order chi connectivity index (χ0) is 17.4. The largest absolute Gasteiger partial charge is 0.497 e. The van der Waals surface area contributed by atoms with Crippen LogP contribution in [0.1, 0.15) is 25.8 Å². The summed E-state index contributed by atoms with van der Waals surface area (Å²) in [5.74, 6) is 0.865. The van der Waals surface area contributed by atoms with Gasteiger partial charge >= 0.3 is 0 Å². The van der Waals surface area contributed by atoms with E-state index in [1.54, 1.807) is 25.6 Å². The molecule has 5 nitrogen and oxygen atoms in total. The molecule has 6 heteroatoms. The molecule has 0 saturated carbocycles. The Labute approximate surface area is 147 Å². The summed E-state index contributed by atoms with van der Waals surface area (Å²) in [5.41, 5.74) is 1.23. The fourth-order valence-electron chi connectivity index (χ4n) is 2.17. The van der Waals surface area contributed by atoms with Gasteiger partial charge in [-0.05, 0) is 50.5 Å². The van der Waals surface area contributed by atoms with Crippen molar-refractivity contribution in [2.45, 2.75) is 43.1 Å². The maximum absolute atomic E-state index is 12.2. The number of aromatic nitrogens is 2. The second-order valence-corrected chi connectivity index (χ2v) is 6.90. The number of ether oxygens (including phenoxy) is 1. The van der Waals surface area contributed by atoms with Gasteiger partial charge in [0, 0.05) is 18.4 Å². The molecule has 0 radical (unpaired) electrons. The highest BCUT2D eigenvalue weighted by atomic mass is 32.2. The molecule has 1 N–H and O–H groups in total. The van der Waals surface area contributed by atoms with E-state index in [9.17, 15) is 4.79 Å². The number of amides is 1. The highest BCUT2D eigenvalue weighted by Gasteiger charge is 2.17. The van der Waals surface area contributed by atoms with E-state index in [1.807, 2.05) is 26.0 Å². The zero-order valence-corrected chi connectivity index (χ0v) is 15.0. The summed E-state index contributed by atoms with van der Waals surface area (Å²) >= 11 is 1.36. The smallest absolute Gasteiger partial charge is 0.233 e. The SMILES string of the molecule is COc1ccc(CC[C@@H](C)NC(=O)[C@H](C)Sc2ncccn2)cc1. The molecule has 0 aliphatic carbocycles. The molecule has 2 rings (SSSR count). The van der Waals surface area contributed by atoms with E-state index >= 15 is 0 Å². The summed E-state index contributed by atoms with van der Waals surface area (Å²) in [4.78, 5) is 20.5. The van der Waals surface area contributed by atoms with Crippen molar-refractivity contribution in [1.29, 1.82) is 0 Å². The molecule has 1 aromatic carbocycles. The van der Waals surface area contributed by atoms with Crippen LogP contribution >= 0.6 is 11.8 Å². The number of benzene rings is 1. The Hall–Kier alpha value is -2.08. The number of thioether (sulfide) groups is 1. The van der Waals surface area contributed by atoms with Crippen LogP contribution in [0.5, 0.6) is 5.75 Å². The second-order valence-electron chi connectivity index (χ2n) is 5.59. The first-order chi connectivity index (χ1) is 11.6. The molecule has 0 aliphatic rings. The minimum Gasteiger partial charge on any atom is -0.497 e. The topological polar surface area (TPSA) is 64.1 Å². The van der Waals surface area contributed by atoms with Gasteiger partial charge in [-0.3, -0.25) is 4.79 Å². The van der Waals surface area contributed by atoms with E-state index in [2.05, 4.69) is 27.4 Å². The Kier molecular flexibility index (Phi) is 7.06. The van der Waals surface area contributed by atoms with Crippen LogP contribution in [0.3, 0.4) is 0 Å². The van der Waals surface area contributed by atoms with Crippen molar-refractivity contribution < 1.29 is 9.53 Å². The molecule has 0 unspecified atom stereocenters. The Morgan fingerprint density at radius 2 is 1.88 bits per heavy atom. The number of rotatable bonds is 8. The lowest BCUT2D eigenvalue weighted by Crippen LogP contribution is -2.37. The van der Waals surface area contributed by atoms with Crippen molar-refractivity contribution in [3.8, 4) is 5.75 Å².